The van der Waals surface area contributed by atoms with E-state index in [2.05, 4.69) is 0 Å². The molecule has 0 aliphatic heterocycles. The van der Waals surface area contributed by atoms with E-state index in [1.165, 1.54) is 0 Å². The minimum atomic E-state index is -9.47. The van der Waals surface area contributed by atoms with Crippen molar-refractivity contribution in [3.63, 3.8) is 0 Å². The van der Waals surface area contributed by atoms with Gasteiger partial charge in [0.05, 0.1) is 5.56 Å². The van der Waals surface area contributed by atoms with Crippen molar-refractivity contribution in [2.75, 3.05) is 0 Å². The summed E-state index contributed by atoms with van der Waals surface area (Å²) in [6.45, 7) is 2.76. The monoisotopic (exact) mass is 1090 g/mol. The third-order valence-corrected chi connectivity index (χ3v) is 9.51. The lowest BCUT2D eigenvalue weighted by molar-refractivity contribution is -0.463. The first-order chi connectivity index (χ1) is 29.6. The molecule has 398 valence electrons. The number of benzene rings is 2. The van der Waals surface area contributed by atoms with Crippen molar-refractivity contribution in [3.05, 3.63) is 52.6 Å². The molecule has 0 saturated heterocycles. The summed E-state index contributed by atoms with van der Waals surface area (Å²) in [4.78, 5) is 11.6. The molecular formula is C33H16F34O2. The van der Waals surface area contributed by atoms with Crippen molar-refractivity contribution in [2.45, 2.75) is 121 Å². The van der Waals surface area contributed by atoms with E-state index < -0.39 is 164 Å². The lowest BCUT2D eigenvalue weighted by Gasteiger charge is -2.43. The van der Waals surface area contributed by atoms with Crippen molar-refractivity contribution in [3.8, 4) is 16.9 Å². The number of phenolic OH excluding ortho intramolecular Hbond substituents is 1. The van der Waals surface area contributed by atoms with Gasteiger partial charge in [0.2, 0.25) is 0 Å². The Kier molecular flexibility index (Phi) is 14.1. The zero-order chi connectivity index (χ0) is 55.8. The van der Waals surface area contributed by atoms with Crippen LogP contribution in [0.2, 0.25) is 0 Å². The fourth-order valence-corrected chi connectivity index (χ4v) is 5.33. The zero-order valence-corrected chi connectivity index (χ0v) is 32.2. The number of hydrogen-bond donors (Lipinski definition) is 1. The topological polar surface area (TPSA) is 37.3 Å². The Hall–Kier alpha value is -4.47. The average Bonchev–Trinajstić information content (AvgIpc) is 3.15. The highest BCUT2D eigenvalue weighted by molar-refractivity contribution is 5.84. The highest BCUT2D eigenvalue weighted by Gasteiger charge is 2.97. The van der Waals surface area contributed by atoms with Crippen LogP contribution in [-0.4, -0.2) is 94.8 Å². The van der Waals surface area contributed by atoms with Crippen LogP contribution in [0, 0.1) is 0 Å². The fraction of sp³-hybridized carbons (Fsp3) is 0.606. The molecule has 0 aliphatic carbocycles. The highest BCUT2D eigenvalue weighted by Crippen LogP contribution is 2.68. The second-order valence-corrected chi connectivity index (χ2v) is 15.2. The van der Waals surface area contributed by atoms with Crippen molar-refractivity contribution in [2.24, 2.45) is 0 Å². The minimum absolute atomic E-state index is 0.0518. The molecule has 0 saturated carbocycles. The van der Waals surface area contributed by atoms with Crippen LogP contribution in [0.5, 0.6) is 5.75 Å². The molecule has 2 aromatic rings. The molecule has 0 aromatic heterocycles. The van der Waals surface area contributed by atoms with E-state index in [9.17, 15) is 124 Å². The van der Waals surface area contributed by atoms with Crippen LogP contribution in [-0.2, 0) is 17.3 Å². The normalized spacial score (nSPS) is 16.0. The van der Waals surface area contributed by atoms with Gasteiger partial charge in [-0.2, -0.15) is 149 Å². The molecule has 0 amide bonds. The second-order valence-electron chi connectivity index (χ2n) is 15.2. The second kappa shape index (κ2) is 16.0. The molecule has 0 fully saturated rings. The molecule has 0 bridgehead atoms. The Morgan fingerprint density at radius 3 is 0.797 bits per heavy atom. The number of alkyl halides is 34. The average molecular weight is 1090 g/mol. The smallest absolute Gasteiger partial charge is 0.460 e. The van der Waals surface area contributed by atoms with E-state index in [4.69, 9.17) is 0 Å². The van der Waals surface area contributed by atoms with Crippen molar-refractivity contribution >= 4 is 6.29 Å². The number of rotatable bonds is 16. The van der Waals surface area contributed by atoms with E-state index in [0.29, 0.717) is 0 Å². The fourth-order valence-electron chi connectivity index (χ4n) is 5.33. The Morgan fingerprint density at radius 2 is 0.565 bits per heavy atom. The molecule has 0 spiro atoms. The quantitative estimate of drug-likeness (QED) is 0.134. The number of hydrogen-bond acceptors (Lipinski definition) is 2. The first-order valence-electron chi connectivity index (χ1n) is 16.6. The molecule has 0 radical (unpaired) electrons. The predicted molar refractivity (Wildman–Crippen MR) is 157 cm³/mol. The highest BCUT2D eigenvalue weighted by atomic mass is 19.4. The molecule has 0 aliphatic rings. The van der Waals surface area contributed by atoms with E-state index in [-0.39, 0.29) is 12.1 Å². The first kappa shape index (κ1) is 60.7. The number of phenols is 1. The van der Waals surface area contributed by atoms with Crippen molar-refractivity contribution in [1.82, 2.24) is 0 Å². The van der Waals surface area contributed by atoms with Gasteiger partial charge < -0.3 is 5.11 Å². The van der Waals surface area contributed by atoms with Crippen LogP contribution >= 0.6 is 0 Å². The lowest BCUT2D eigenvalue weighted by atomic mass is 9.81. The van der Waals surface area contributed by atoms with Crippen LogP contribution in [0.15, 0.2) is 30.3 Å². The van der Waals surface area contributed by atoms with Crippen LogP contribution in [0.3, 0.4) is 0 Å². The summed E-state index contributed by atoms with van der Waals surface area (Å²) in [6.07, 6.45) is -17.1. The van der Waals surface area contributed by atoms with Gasteiger partial charge in [-0.3, -0.25) is 4.79 Å². The molecule has 36 heteroatoms. The summed E-state index contributed by atoms with van der Waals surface area (Å²) in [5.41, 5.74) is -16.4. The standard InChI is InChI=1S/C33H16F34O2/c1-17(2,3)15-7-10(4-12(9-68)16(15)69)11-5-13(18(34,35)20(38,39)22(42,43)24(46,47)26(50,51)28(54,55)30(58,59)32(62,63)64)8-14(6-11)19(36,37)21(40,41)23(44,45)25(48,49)27(52,53)29(56,57)31(60,61)33(65,66)67/h4-9,69H,1-3H3. The number of carbonyl (C=O) groups is 1. The maximum Gasteiger partial charge on any atom is 0.460 e. The van der Waals surface area contributed by atoms with E-state index in [1.807, 2.05) is 0 Å². The van der Waals surface area contributed by atoms with Gasteiger partial charge >= 0.3 is 95.3 Å². The Balaban J connectivity index is 3.30. The van der Waals surface area contributed by atoms with Gasteiger partial charge in [-0.1, -0.05) is 20.8 Å². The molecular weight excluding hydrogens is 1070 g/mol. The van der Waals surface area contributed by atoms with Gasteiger partial charge in [-0.25, -0.2) is 0 Å². The maximum atomic E-state index is 15.6. The molecule has 0 unspecified atom stereocenters. The SMILES string of the molecule is CC(C)(C)c1cc(-c2cc(C(F)(F)C(F)(F)C(F)(F)C(F)(F)C(F)(F)C(F)(F)C(F)(F)C(F)(F)F)cc(C(F)(F)C(F)(F)C(F)(F)C(F)(F)C(F)(F)C(F)(F)C(F)(F)C(F)(F)F)c2)cc(C=O)c1O. The van der Waals surface area contributed by atoms with Gasteiger partial charge in [0.15, 0.2) is 6.29 Å². The van der Waals surface area contributed by atoms with Gasteiger partial charge in [-0.05, 0) is 46.9 Å². The van der Waals surface area contributed by atoms with Gasteiger partial charge in [0.1, 0.15) is 5.75 Å². The summed E-state index contributed by atoms with van der Waals surface area (Å²) < 4.78 is 478. The van der Waals surface area contributed by atoms with E-state index in [0.717, 1.165) is 20.8 Å². The summed E-state index contributed by atoms with van der Waals surface area (Å²) >= 11 is 0. The summed E-state index contributed by atoms with van der Waals surface area (Å²) in [5, 5.41) is 10.3. The maximum absolute atomic E-state index is 15.6. The first-order valence-corrected chi connectivity index (χ1v) is 16.6. The predicted octanol–water partition coefficient (Wildman–Crippen LogP) is 15.1. The minimum Gasteiger partial charge on any atom is -0.507 e. The molecule has 0 heterocycles. The van der Waals surface area contributed by atoms with Gasteiger partial charge in [0.25, 0.3) is 0 Å². The zero-order valence-electron chi connectivity index (χ0n) is 32.2. The van der Waals surface area contributed by atoms with Crippen molar-refractivity contribution in [1.29, 1.82) is 0 Å². The summed E-state index contributed by atoms with van der Waals surface area (Å²) in [6, 6.07) is -4.99. The van der Waals surface area contributed by atoms with E-state index in [1.54, 1.807) is 0 Å². The third-order valence-electron chi connectivity index (χ3n) is 9.51. The van der Waals surface area contributed by atoms with Gasteiger partial charge in [-0.15, -0.1) is 0 Å². The van der Waals surface area contributed by atoms with E-state index >= 15 is 35.1 Å². The molecule has 1 N–H and O–H groups in total. The molecule has 2 aromatic carbocycles. The molecule has 0 atom stereocenters. The molecule has 2 nitrogen and oxygen atoms in total. The van der Waals surface area contributed by atoms with Gasteiger partial charge in [0, 0.05) is 16.7 Å². The number of halogens is 34. The number of aldehydes is 1. The molecule has 69 heavy (non-hydrogen) atoms. The van der Waals surface area contributed by atoms with Crippen LogP contribution in [0.1, 0.15) is 47.8 Å². The van der Waals surface area contributed by atoms with Crippen LogP contribution in [0.25, 0.3) is 11.1 Å². The largest absolute Gasteiger partial charge is 0.507 e. The van der Waals surface area contributed by atoms with Crippen LogP contribution < -0.4 is 0 Å². The molecule has 2 rings (SSSR count). The van der Waals surface area contributed by atoms with Crippen LogP contribution in [0.4, 0.5) is 149 Å². The Labute approximate surface area is 357 Å². The third kappa shape index (κ3) is 7.99. The Bertz CT molecular complexity index is 2140. The summed E-state index contributed by atoms with van der Waals surface area (Å²) in [7, 11) is 0. The summed E-state index contributed by atoms with van der Waals surface area (Å²) in [5.74, 6) is -128. The lowest BCUT2D eigenvalue weighted by Crippen LogP contribution is -2.74. The Morgan fingerprint density at radius 1 is 0.333 bits per heavy atom. The number of aromatic hydroxyl groups is 1. The van der Waals surface area contributed by atoms with Crippen molar-refractivity contribution < 1.29 is 159 Å². The number of carbonyl (C=O) groups excluding carboxylic acids is 1.